The van der Waals surface area contributed by atoms with Gasteiger partial charge in [-0.05, 0) is 20.3 Å². The van der Waals surface area contributed by atoms with Crippen LogP contribution in [0, 0.1) is 0 Å². The Morgan fingerprint density at radius 2 is 2.00 bits per heavy atom. The summed E-state index contributed by atoms with van der Waals surface area (Å²) < 4.78 is 0. The van der Waals surface area contributed by atoms with Gasteiger partial charge in [0.2, 0.25) is 0 Å². The Labute approximate surface area is 78.6 Å². The molecule has 0 saturated heterocycles. The molecule has 0 aliphatic rings. The molecule has 0 amide bonds. The van der Waals surface area contributed by atoms with Crippen molar-refractivity contribution in [2.75, 3.05) is 11.9 Å². The van der Waals surface area contributed by atoms with E-state index in [4.69, 9.17) is 5.73 Å². The van der Waals surface area contributed by atoms with Gasteiger partial charge in [0.25, 0.3) is 0 Å². The van der Waals surface area contributed by atoms with Crippen molar-refractivity contribution in [1.82, 2.24) is 9.97 Å². The third kappa shape index (κ3) is 4.42. The first-order chi connectivity index (χ1) is 6.08. The normalized spacial score (nSPS) is 11.3. The first-order valence-electron chi connectivity index (χ1n) is 4.36. The van der Waals surface area contributed by atoms with E-state index in [1.807, 2.05) is 13.8 Å². The number of hydrogen-bond acceptors (Lipinski definition) is 4. The van der Waals surface area contributed by atoms with E-state index in [1.165, 1.54) is 6.33 Å². The molecule has 4 nitrogen and oxygen atoms in total. The lowest BCUT2D eigenvalue weighted by Gasteiger charge is -2.18. The quantitative estimate of drug-likeness (QED) is 0.726. The third-order valence-electron chi connectivity index (χ3n) is 1.66. The smallest absolute Gasteiger partial charge is 0.115 e. The van der Waals surface area contributed by atoms with Gasteiger partial charge in [0.15, 0.2) is 0 Å². The Hall–Kier alpha value is -1.16. The second-order valence-corrected chi connectivity index (χ2v) is 3.79. The fourth-order valence-electron chi connectivity index (χ4n) is 0.919. The van der Waals surface area contributed by atoms with Crippen LogP contribution in [0.1, 0.15) is 20.3 Å². The van der Waals surface area contributed by atoms with Crippen molar-refractivity contribution in [2.45, 2.75) is 25.8 Å². The summed E-state index contributed by atoms with van der Waals surface area (Å²) in [5.74, 6) is 0. The van der Waals surface area contributed by atoms with E-state index in [0.29, 0.717) is 0 Å². The molecule has 0 unspecified atom stereocenters. The van der Waals surface area contributed by atoms with E-state index in [-0.39, 0.29) is 5.54 Å². The summed E-state index contributed by atoms with van der Waals surface area (Å²) in [6, 6.07) is 0. The van der Waals surface area contributed by atoms with Crippen molar-refractivity contribution >= 4 is 5.69 Å². The zero-order valence-corrected chi connectivity index (χ0v) is 8.12. The second kappa shape index (κ2) is 4.18. The molecular weight excluding hydrogens is 164 g/mol. The molecule has 0 atom stereocenters. The molecule has 13 heavy (non-hydrogen) atoms. The van der Waals surface area contributed by atoms with Gasteiger partial charge in [0, 0.05) is 12.1 Å². The minimum Gasteiger partial charge on any atom is -0.382 e. The maximum atomic E-state index is 5.83. The van der Waals surface area contributed by atoms with Crippen molar-refractivity contribution in [3.8, 4) is 0 Å². The van der Waals surface area contributed by atoms with E-state index in [9.17, 15) is 0 Å². The number of aromatic nitrogens is 2. The molecule has 0 saturated carbocycles. The van der Waals surface area contributed by atoms with Crippen molar-refractivity contribution in [3.05, 3.63) is 18.7 Å². The fraction of sp³-hybridized carbons (Fsp3) is 0.556. The standard InChI is InChI=1S/C9H16N4/c1-9(2,10)3-4-13-8-5-11-7-12-6-8/h5-7,13H,3-4,10H2,1-2H3. The van der Waals surface area contributed by atoms with Crippen LogP contribution in [0.2, 0.25) is 0 Å². The predicted molar refractivity (Wildman–Crippen MR) is 53.4 cm³/mol. The van der Waals surface area contributed by atoms with E-state index in [2.05, 4.69) is 15.3 Å². The molecule has 0 aromatic carbocycles. The van der Waals surface area contributed by atoms with Gasteiger partial charge in [-0.15, -0.1) is 0 Å². The van der Waals surface area contributed by atoms with E-state index in [1.54, 1.807) is 12.4 Å². The summed E-state index contributed by atoms with van der Waals surface area (Å²) in [6.07, 6.45) is 5.92. The average molecular weight is 180 g/mol. The van der Waals surface area contributed by atoms with Gasteiger partial charge >= 0.3 is 0 Å². The lowest BCUT2D eigenvalue weighted by molar-refractivity contribution is 0.490. The summed E-state index contributed by atoms with van der Waals surface area (Å²) in [4.78, 5) is 7.79. The van der Waals surface area contributed by atoms with Gasteiger partial charge in [0.05, 0.1) is 18.1 Å². The summed E-state index contributed by atoms with van der Waals surface area (Å²) in [5, 5.41) is 3.20. The number of nitrogens with zero attached hydrogens (tertiary/aromatic N) is 2. The molecule has 1 heterocycles. The molecule has 4 heteroatoms. The topological polar surface area (TPSA) is 63.8 Å². The van der Waals surface area contributed by atoms with Gasteiger partial charge in [-0.1, -0.05) is 0 Å². The first kappa shape index (κ1) is 9.92. The largest absolute Gasteiger partial charge is 0.382 e. The van der Waals surface area contributed by atoms with Gasteiger partial charge < -0.3 is 11.1 Å². The highest BCUT2D eigenvalue weighted by molar-refractivity contribution is 5.36. The van der Waals surface area contributed by atoms with E-state index in [0.717, 1.165) is 18.7 Å². The van der Waals surface area contributed by atoms with Crippen LogP contribution in [0.5, 0.6) is 0 Å². The Morgan fingerprint density at radius 3 is 2.54 bits per heavy atom. The van der Waals surface area contributed by atoms with Crippen LogP contribution in [-0.2, 0) is 0 Å². The maximum absolute atomic E-state index is 5.83. The minimum atomic E-state index is -0.122. The molecule has 0 bridgehead atoms. The van der Waals surface area contributed by atoms with Crippen LogP contribution in [0.4, 0.5) is 5.69 Å². The molecule has 0 aliphatic heterocycles. The highest BCUT2D eigenvalue weighted by Gasteiger charge is 2.08. The van der Waals surface area contributed by atoms with Crippen molar-refractivity contribution < 1.29 is 0 Å². The Balaban J connectivity index is 2.29. The Kier molecular flexibility index (Phi) is 3.19. The third-order valence-corrected chi connectivity index (χ3v) is 1.66. The SMILES string of the molecule is CC(C)(N)CCNc1cncnc1. The number of nitrogens with two attached hydrogens (primary N) is 1. The van der Waals surface area contributed by atoms with E-state index >= 15 is 0 Å². The molecule has 1 aromatic rings. The molecule has 3 N–H and O–H groups in total. The molecule has 72 valence electrons. The van der Waals surface area contributed by atoms with Crippen LogP contribution >= 0.6 is 0 Å². The highest BCUT2D eigenvalue weighted by atomic mass is 14.9. The molecule has 0 spiro atoms. The zero-order chi connectivity index (χ0) is 9.73. The lowest BCUT2D eigenvalue weighted by atomic mass is 10.0. The summed E-state index contributed by atoms with van der Waals surface area (Å²) in [7, 11) is 0. The lowest BCUT2D eigenvalue weighted by Crippen LogP contribution is -2.34. The van der Waals surface area contributed by atoms with Crippen LogP contribution < -0.4 is 11.1 Å². The Morgan fingerprint density at radius 1 is 1.38 bits per heavy atom. The highest BCUT2D eigenvalue weighted by Crippen LogP contribution is 2.05. The minimum absolute atomic E-state index is 0.122. The average Bonchev–Trinajstić information content (AvgIpc) is 2.04. The Bertz CT molecular complexity index is 240. The van der Waals surface area contributed by atoms with Crippen molar-refractivity contribution in [1.29, 1.82) is 0 Å². The van der Waals surface area contributed by atoms with Gasteiger partial charge in [0.1, 0.15) is 6.33 Å². The molecular formula is C9H16N4. The summed E-state index contributed by atoms with van der Waals surface area (Å²) in [6.45, 7) is 4.86. The monoisotopic (exact) mass is 180 g/mol. The van der Waals surface area contributed by atoms with Crippen molar-refractivity contribution in [3.63, 3.8) is 0 Å². The van der Waals surface area contributed by atoms with Crippen LogP contribution in [0.3, 0.4) is 0 Å². The van der Waals surface area contributed by atoms with Gasteiger partial charge in [-0.25, -0.2) is 9.97 Å². The number of nitrogens with one attached hydrogen (secondary N) is 1. The van der Waals surface area contributed by atoms with Crippen LogP contribution in [0.25, 0.3) is 0 Å². The number of hydrogen-bond donors (Lipinski definition) is 2. The van der Waals surface area contributed by atoms with Gasteiger partial charge in [-0.2, -0.15) is 0 Å². The second-order valence-electron chi connectivity index (χ2n) is 3.79. The maximum Gasteiger partial charge on any atom is 0.115 e. The molecule has 0 fully saturated rings. The van der Waals surface area contributed by atoms with Crippen molar-refractivity contribution in [2.24, 2.45) is 5.73 Å². The molecule has 0 aliphatic carbocycles. The zero-order valence-electron chi connectivity index (χ0n) is 8.12. The molecule has 1 rings (SSSR count). The van der Waals surface area contributed by atoms with Crippen LogP contribution in [0.15, 0.2) is 18.7 Å². The fourth-order valence-corrected chi connectivity index (χ4v) is 0.919. The number of rotatable bonds is 4. The van der Waals surface area contributed by atoms with Crippen LogP contribution in [-0.4, -0.2) is 22.1 Å². The first-order valence-corrected chi connectivity index (χ1v) is 4.36. The predicted octanol–water partition coefficient (Wildman–Crippen LogP) is 1.02. The number of anilines is 1. The van der Waals surface area contributed by atoms with Gasteiger partial charge in [-0.3, -0.25) is 0 Å². The summed E-state index contributed by atoms with van der Waals surface area (Å²) in [5.41, 5.74) is 6.64. The van der Waals surface area contributed by atoms with E-state index < -0.39 is 0 Å². The molecule has 0 radical (unpaired) electrons. The molecule has 1 aromatic heterocycles. The summed E-state index contributed by atoms with van der Waals surface area (Å²) >= 11 is 0.